The lowest BCUT2D eigenvalue weighted by molar-refractivity contribution is 0.178. The van der Waals surface area contributed by atoms with E-state index in [9.17, 15) is 4.79 Å². The molecule has 0 unspecified atom stereocenters. The van der Waals surface area contributed by atoms with E-state index in [4.69, 9.17) is 11.6 Å². The van der Waals surface area contributed by atoms with Crippen molar-refractivity contribution >= 4 is 17.6 Å². The molecular weight excluding hydrogens is 358 g/mol. The van der Waals surface area contributed by atoms with E-state index in [-0.39, 0.29) is 18.1 Å². The molecule has 0 bridgehead atoms. The normalized spacial score (nSPS) is 15.9. The molecule has 1 aliphatic heterocycles. The maximum Gasteiger partial charge on any atom is 0.318 e. The third kappa shape index (κ3) is 3.21. The Morgan fingerprint density at radius 3 is 2.59 bits per heavy atom. The highest BCUT2D eigenvalue weighted by Crippen LogP contribution is 2.38. The fourth-order valence-electron chi connectivity index (χ4n) is 3.69. The quantitative estimate of drug-likeness (QED) is 0.656. The average molecular weight is 380 g/mol. The molecule has 1 aromatic heterocycles. The molecule has 0 saturated carbocycles. The summed E-state index contributed by atoms with van der Waals surface area (Å²) in [7, 11) is 0. The minimum absolute atomic E-state index is 0.0506. The second-order valence-electron chi connectivity index (χ2n) is 7.09. The number of nitrogens with one attached hydrogen (secondary N) is 1. The zero-order chi connectivity index (χ0) is 19.0. The Morgan fingerprint density at radius 2 is 1.81 bits per heavy atom. The molecule has 4 rings (SSSR count). The summed E-state index contributed by atoms with van der Waals surface area (Å²) in [5, 5.41) is 3.70. The van der Waals surface area contributed by atoms with Crippen LogP contribution in [0.5, 0.6) is 0 Å². The van der Waals surface area contributed by atoms with Gasteiger partial charge in [0.25, 0.3) is 0 Å². The highest BCUT2D eigenvalue weighted by atomic mass is 35.5. The van der Waals surface area contributed by atoms with Crippen LogP contribution < -0.4 is 5.32 Å². The fourth-order valence-corrected chi connectivity index (χ4v) is 3.93. The van der Waals surface area contributed by atoms with E-state index in [0.717, 1.165) is 22.5 Å². The predicted molar refractivity (Wildman–Crippen MR) is 108 cm³/mol. The van der Waals surface area contributed by atoms with E-state index >= 15 is 0 Å². The molecule has 0 radical (unpaired) electrons. The Labute approximate surface area is 164 Å². The van der Waals surface area contributed by atoms with E-state index in [1.54, 1.807) is 0 Å². The number of nitrogens with zero attached hydrogens (tertiary/aromatic N) is 2. The van der Waals surface area contributed by atoms with Crippen LogP contribution in [-0.2, 0) is 6.54 Å². The molecule has 5 heteroatoms. The number of urea groups is 1. The fraction of sp³-hybridized carbons (Fsp3) is 0.227. The molecule has 0 fully saturated rings. The molecule has 27 heavy (non-hydrogen) atoms. The van der Waals surface area contributed by atoms with Crippen LogP contribution in [0, 0.1) is 0 Å². The lowest BCUT2D eigenvalue weighted by Gasteiger charge is -2.32. The number of rotatable bonds is 2. The minimum Gasteiger partial charge on any atom is -0.336 e. The van der Waals surface area contributed by atoms with Crippen LogP contribution in [0.2, 0.25) is 5.02 Å². The lowest BCUT2D eigenvalue weighted by Crippen LogP contribution is -2.44. The first-order valence-electron chi connectivity index (χ1n) is 9.13. The summed E-state index contributed by atoms with van der Waals surface area (Å²) in [4.78, 5) is 15.0. The molecule has 2 aromatic carbocycles. The Bertz CT molecular complexity index is 979. The van der Waals surface area contributed by atoms with Crippen LogP contribution in [0.4, 0.5) is 4.79 Å². The third-order valence-electron chi connectivity index (χ3n) is 4.84. The van der Waals surface area contributed by atoms with Gasteiger partial charge < -0.3 is 14.8 Å². The number of halogens is 1. The van der Waals surface area contributed by atoms with Gasteiger partial charge in [-0.15, -0.1) is 0 Å². The van der Waals surface area contributed by atoms with E-state index in [1.165, 1.54) is 0 Å². The summed E-state index contributed by atoms with van der Waals surface area (Å²) in [5.74, 6) is 0. The largest absolute Gasteiger partial charge is 0.336 e. The van der Waals surface area contributed by atoms with E-state index in [0.29, 0.717) is 11.6 Å². The summed E-state index contributed by atoms with van der Waals surface area (Å²) < 4.78 is 2.16. The predicted octanol–water partition coefficient (Wildman–Crippen LogP) is 5.15. The smallest absolute Gasteiger partial charge is 0.318 e. The van der Waals surface area contributed by atoms with Gasteiger partial charge in [-0.2, -0.15) is 0 Å². The summed E-state index contributed by atoms with van der Waals surface area (Å²) in [6, 6.07) is 19.7. The maximum atomic E-state index is 13.2. The molecular formula is C22H22ClN3O. The number of fused-ring (bicyclic) bond motifs is 3. The van der Waals surface area contributed by atoms with Gasteiger partial charge in [-0.05, 0) is 49.2 Å². The van der Waals surface area contributed by atoms with Crippen LogP contribution >= 0.6 is 11.6 Å². The SMILES string of the molecule is CC(C)NC(=O)N1Cc2ccccc2-n2cccc2[C@@H]1c1ccccc1Cl. The third-order valence-corrected chi connectivity index (χ3v) is 5.18. The van der Waals surface area contributed by atoms with Gasteiger partial charge in [0.05, 0.1) is 17.9 Å². The van der Waals surface area contributed by atoms with Crippen molar-refractivity contribution in [1.82, 2.24) is 14.8 Å². The number of aromatic nitrogens is 1. The minimum atomic E-state index is -0.278. The maximum absolute atomic E-state index is 13.2. The van der Waals surface area contributed by atoms with Crippen molar-refractivity contribution in [3.05, 3.63) is 88.7 Å². The number of para-hydroxylation sites is 1. The molecule has 1 atom stereocenters. The van der Waals surface area contributed by atoms with Gasteiger partial charge in [-0.3, -0.25) is 0 Å². The van der Waals surface area contributed by atoms with Crippen molar-refractivity contribution in [2.75, 3.05) is 0 Å². The average Bonchev–Trinajstić information content (AvgIpc) is 3.07. The summed E-state index contributed by atoms with van der Waals surface area (Å²) in [5.41, 5.74) is 4.13. The van der Waals surface area contributed by atoms with Crippen LogP contribution in [0.1, 0.15) is 36.7 Å². The van der Waals surface area contributed by atoms with E-state index < -0.39 is 0 Å². The van der Waals surface area contributed by atoms with Crippen molar-refractivity contribution in [2.24, 2.45) is 0 Å². The molecule has 4 nitrogen and oxygen atoms in total. The first kappa shape index (κ1) is 17.7. The standard InChI is InChI=1S/C22H22ClN3O/c1-15(2)24-22(27)26-14-16-8-3-6-11-19(16)25-13-7-12-20(25)21(26)17-9-4-5-10-18(17)23/h3-13,15,21H,14H2,1-2H3,(H,24,27)/t21-/m0/s1. The van der Waals surface area contributed by atoms with Gasteiger partial charge in [0.1, 0.15) is 6.04 Å². The van der Waals surface area contributed by atoms with Gasteiger partial charge >= 0.3 is 6.03 Å². The number of hydrogen-bond acceptors (Lipinski definition) is 1. The van der Waals surface area contributed by atoms with Gasteiger partial charge in [-0.1, -0.05) is 48.0 Å². The molecule has 2 heterocycles. The van der Waals surface area contributed by atoms with Gasteiger partial charge in [0.2, 0.25) is 0 Å². The van der Waals surface area contributed by atoms with E-state index in [1.807, 2.05) is 67.4 Å². The molecule has 0 aliphatic carbocycles. The Morgan fingerprint density at radius 1 is 1.07 bits per heavy atom. The second kappa shape index (κ2) is 7.12. The zero-order valence-electron chi connectivity index (χ0n) is 15.4. The molecule has 1 N–H and O–H groups in total. The van der Waals surface area contributed by atoms with Crippen molar-refractivity contribution in [2.45, 2.75) is 32.5 Å². The van der Waals surface area contributed by atoms with Gasteiger partial charge in [0, 0.05) is 17.3 Å². The van der Waals surface area contributed by atoms with Crippen molar-refractivity contribution in [3.8, 4) is 5.69 Å². The molecule has 138 valence electrons. The number of carbonyl (C=O) groups excluding carboxylic acids is 1. The molecule has 0 spiro atoms. The first-order valence-corrected chi connectivity index (χ1v) is 9.51. The van der Waals surface area contributed by atoms with Crippen LogP contribution in [-0.4, -0.2) is 21.5 Å². The van der Waals surface area contributed by atoms with Crippen LogP contribution in [0.15, 0.2) is 66.9 Å². The first-order chi connectivity index (χ1) is 13.1. The zero-order valence-corrected chi connectivity index (χ0v) is 16.1. The summed E-state index contributed by atoms with van der Waals surface area (Å²) >= 11 is 6.56. The number of hydrogen-bond donors (Lipinski definition) is 1. The summed E-state index contributed by atoms with van der Waals surface area (Å²) in [6.45, 7) is 4.44. The van der Waals surface area contributed by atoms with E-state index in [2.05, 4.69) is 28.1 Å². The van der Waals surface area contributed by atoms with Crippen molar-refractivity contribution < 1.29 is 4.79 Å². The van der Waals surface area contributed by atoms with Gasteiger partial charge in [-0.25, -0.2) is 4.79 Å². The molecule has 3 aromatic rings. The van der Waals surface area contributed by atoms with Crippen LogP contribution in [0.25, 0.3) is 5.69 Å². The Kier molecular flexibility index (Phi) is 4.66. The van der Waals surface area contributed by atoms with Crippen molar-refractivity contribution in [1.29, 1.82) is 0 Å². The Hall–Kier alpha value is -2.72. The second-order valence-corrected chi connectivity index (χ2v) is 7.50. The Balaban J connectivity index is 1.93. The van der Waals surface area contributed by atoms with Crippen molar-refractivity contribution in [3.63, 3.8) is 0 Å². The highest BCUT2D eigenvalue weighted by Gasteiger charge is 2.34. The highest BCUT2D eigenvalue weighted by molar-refractivity contribution is 6.31. The molecule has 1 aliphatic rings. The summed E-state index contributed by atoms with van der Waals surface area (Å²) in [6.07, 6.45) is 2.04. The lowest BCUT2D eigenvalue weighted by atomic mass is 10.0. The van der Waals surface area contributed by atoms with Crippen LogP contribution in [0.3, 0.4) is 0 Å². The monoisotopic (exact) mass is 379 g/mol. The number of carbonyl (C=O) groups is 1. The number of amides is 2. The number of benzene rings is 2. The molecule has 2 amide bonds. The van der Waals surface area contributed by atoms with Gasteiger partial charge in [0.15, 0.2) is 0 Å². The molecule has 0 saturated heterocycles. The topological polar surface area (TPSA) is 37.3 Å².